The van der Waals surface area contributed by atoms with Crippen LogP contribution in [0.1, 0.15) is 32.6 Å². The molecule has 1 amide bonds. The molecule has 3 unspecified atom stereocenters. The van der Waals surface area contributed by atoms with E-state index in [0.717, 1.165) is 25.7 Å². The molecule has 3 atom stereocenters. The van der Waals surface area contributed by atoms with E-state index in [1.807, 2.05) is 0 Å². The Morgan fingerprint density at radius 1 is 1.50 bits per heavy atom. The molecular formula is C9H20ClN3O. The number of hydrogen-bond donors (Lipinski definition) is 3. The first-order chi connectivity index (χ1) is 6.09. The molecule has 14 heavy (non-hydrogen) atoms. The molecule has 0 spiro atoms. The fourth-order valence-corrected chi connectivity index (χ4v) is 1.69. The minimum absolute atomic E-state index is 0. The molecule has 4 nitrogen and oxygen atoms in total. The topological polar surface area (TPSA) is 81.1 Å². The summed E-state index contributed by atoms with van der Waals surface area (Å²) in [5, 5.41) is 2.90. The van der Waals surface area contributed by atoms with Gasteiger partial charge in [0.2, 0.25) is 5.91 Å². The summed E-state index contributed by atoms with van der Waals surface area (Å²) in [6.45, 7) is 1.69. The highest BCUT2D eigenvalue weighted by atomic mass is 35.5. The van der Waals surface area contributed by atoms with E-state index in [2.05, 4.69) is 5.32 Å². The molecule has 0 heterocycles. The van der Waals surface area contributed by atoms with Crippen LogP contribution in [0.2, 0.25) is 0 Å². The van der Waals surface area contributed by atoms with Crippen molar-refractivity contribution < 1.29 is 4.79 Å². The summed E-state index contributed by atoms with van der Waals surface area (Å²) in [6.07, 6.45) is 4.10. The van der Waals surface area contributed by atoms with Crippen LogP contribution in [-0.2, 0) is 4.79 Å². The van der Waals surface area contributed by atoms with Crippen molar-refractivity contribution >= 4 is 18.3 Å². The SMILES string of the molecule is CC(N)C(=O)NC1CCCC(N)C1.Cl. The van der Waals surface area contributed by atoms with Crippen LogP contribution < -0.4 is 16.8 Å². The second-order valence-electron chi connectivity index (χ2n) is 3.92. The van der Waals surface area contributed by atoms with Gasteiger partial charge in [-0.2, -0.15) is 0 Å². The van der Waals surface area contributed by atoms with Gasteiger partial charge in [-0.15, -0.1) is 12.4 Å². The molecule has 0 radical (unpaired) electrons. The van der Waals surface area contributed by atoms with Gasteiger partial charge in [-0.25, -0.2) is 0 Å². The number of halogens is 1. The molecule has 0 bridgehead atoms. The summed E-state index contributed by atoms with van der Waals surface area (Å²) >= 11 is 0. The molecule has 1 aliphatic rings. The maximum Gasteiger partial charge on any atom is 0.236 e. The first-order valence-electron chi connectivity index (χ1n) is 4.91. The molecule has 0 aliphatic heterocycles. The number of amides is 1. The Hall–Kier alpha value is -0.320. The monoisotopic (exact) mass is 221 g/mol. The maximum atomic E-state index is 11.2. The third kappa shape index (κ3) is 4.26. The summed E-state index contributed by atoms with van der Waals surface area (Å²) in [6, 6.07) is 0.0625. The molecule has 1 rings (SSSR count). The number of carbonyl (C=O) groups is 1. The second-order valence-corrected chi connectivity index (χ2v) is 3.92. The normalized spacial score (nSPS) is 28.8. The molecular weight excluding hydrogens is 202 g/mol. The third-order valence-electron chi connectivity index (χ3n) is 2.47. The van der Waals surface area contributed by atoms with Crippen molar-refractivity contribution in [3.8, 4) is 0 Å². The highest BCUT2D eigenvalue weighted by molar-refractivity contribution is 5.85. The van der Waals surface area contributed by atoms with Crippen LogP contribution in [0.4, 0.5) is 0 Å². The summed E-state index contributed by atoms with van der Waals surface area (Å²) < 4.78 is 0. The minimum Gasteiger partial charge on any atom is -0.352 e. The summed E-state index contributed by atoms with van der Waals surface area (Å²) in [4.78, 5) is 11.2. The van der Waals surface area contributed by atoms with E-state index in [0.29, 0.717) is 0 Å². The molecule has 1 fully saturated rings. The lowest BCUT2D eigenvalue weighted by molar-refractivity contribution is -0.122. The maximum absolute atomic E-state index is 11.2. The predicted octanol–water partition coefficient (Wildman–Crippen LogP) is 0.142. The fraction of sp³-hybridized carbons (Fsp3) is 0.889. The quantitative estimate of drug-likeness (QED) is 0.621. The Kier molecular flexibility index (Phi) is 6.08. The van der Waals surface area contributed by atoms with Crippen LogP contribution in [0, 0.1) is 0 Å². The van der Waals surface area contributed by atoms with Crippen molar-refractivity contribution in [2.75, 3.05) is 0 Å². The Morgan fingerprint density at radius 2 is 2.14 bits per heavy atom. The number of nitrogens with one attached hydrogen (secondary N) is 1. The van der Waals surface area contributed by atoms with E-state index in [9.17, 15) is 4.79 Å². The highest BCUT2D eigenvalue weighted by Crippen LogP contribution is 2.16. The van der Waals surface area contributed by atoms with Crippen LogP contribution in [0.15, 0.2) is 0 Å². The van der Waals surface area contributed by atoms with Crippen molar-refractivity contribution in [3.63, 3.8) is 0 Å². The van der Waals surface area contributed by atoms with Crippen molar-refractivity contribution in [2.24, 2.45) is 11.5 Å². The Labute approximate surface area is 91.2 Å². The second kappa shape index (κ2) is 6.22. The lowest BCUT2D eigenvalue weighted by Gasteiger charge is -2.27. The molecule has 1 saturated carbocycles. The van der Waals surface area contributed by atoms with E-state index < -0.39 is 6.04 Å². The number of carbonyl (C=O) groups excluding carboxylic acids is 1. The van der Waals surface area contributed by atoms with Crippen LogP contribution in [-0.4, -0.2) is 24.0 Å². The number of hydrogen-bond acceptors (Lipinski definition) is 3. The molecule has 0 aromatic heterocycles. The Bertz CT molecular complexity index is 187. The van der Waals surface area contributed by atoms with Crippen molar-refractivity contribution in [1.82, 2.24) is 5.32 Å². The molecule has 0 saturated heterocycles. The molecule has 0 aromatic carbocycles. The summed E-state index contributed by atoms with van der Waals surface area (Å²) in [5.74, 6) is -0.0703. The molecule has 5 heteroatoms. The van der Waals surface area contributed by atoms with Gasteiger partial charge < -0.3 is 16.8 Å². The van der Waals surface area contributed by atoms with Gasteiger partial charge in [-0.3, -0.25) is 4.79 Å². The highest BCUT2D eigenvalue weighted by Gasteiger charge is 2.21. The van der Waals surface area contributed by atoms with Crippen molar-refractivity contribution in [3.05, 3.63) is 0 Å². The average Bonchev–Trinajstić information content (AvgIpc) is 2.04. The zero-order valence-corrected chi connectivity index (χ0v) is 9.35. The van der Waals surface area contributed by atoms with Gasteiger partial charge in [0.15, 0.2) is 0 Å². The number of nitrogens with two attached hydrogens (primary N) is 2. The average molecular weight is 222 g/mol. The van der Waals surface area contributed by atoms with E-state index in [-0.39, 0.29) is 30.4 Å². The molecule has 1 aliphatic carbocycles. The van der Waals surface area contributed by atoms with Gasteiger partial charge in [0.25, 0.3) is 0 Å². The van der Waals surface area contributed by atoms with Crippen LogP contribution in [0.25, 0.3) is 0 Å². The van der Waals surface area contributed by atoms with Gasteiger partial charge in [0.05, 0.1) is 6.04 Å². The zero-order valence-electron chi connectivity index (χ0n) is 8.53. The molecule has 84 valence electrons. The Balaban J connectivity index is 0.00000169. The van der Waals surface area contributed by atoms with E-state index in [4.69, 9.17) is 11.5 Å². The van der Waals surface area contributed by atoms with Crippen molar-refractivity contribution in [1.29, 1.82) is 0 Å². The lowest BCUT2D eigenvalue weighted by atomic mass is 9.91. The first kappa shape index (κ1) is 13.7. The summed E-state index contributed by atoms with van der Waals surface area (Å²) in [5.41, 5.74) is 11.2. The zero-order chi connectivity index (χ0) is 9.84. The standard InChI is InChI=1S/C9H19N3O.ClH/c1-6(10)9(13)12-8-4-2-3-7(11)5-8;/h6-8H,2-5,10-11H2,1H3,(H,12,13);1H. The van der Waals surface area contributed by atoms with Crippen LogP contribution in [0.5, 0.6) is 0 Å². The molecule has 0 aromatic rings. The van der Waals surface area contributed by atoms with E-state index in [1.165, 1.54) is 0 Å². The smallest absolute Gasteiger partial charge is 0.236 e. The van der Waals surface area contributed by atoms with E-state index in [1.54, 1.807) is 6.92 Å². The van der Waals surface area contributed by atoms with Crippen molar-refractivity contribution in [2.45, 2.75) is 50.7 Å². The van der Waals surface area contributed by atoms with Gasteiger partial charge in [-0.1, -0.05) is 0 Å². The number of rotatable bonds is 2. The van der Waals surface area contributed by atoms with Crippen LogP contribution >= 0.6 is 12.4 Å². The third-order valence-corrected chi connectivity index (χ3v) is 2.47. The lowest BCUT2D eigenvalue weighted by Crippen LogP contribution is -2.47. The van der Waals surface area contributed by atoms with Gasteiger partial charge in [0, 0.05) is 12.1 Å². The van der Waals surface area contributed by atoms with Gasteiger partial charge in [0.1, 0.15) is 0 Å². The van der Waals surface area contributed by atoms with Crippen LogP contribution in [0.3, 0.4) is 0 Å². The minimum atomic E-state index is -0.418. The van der Waals surface area contributed by atoms with E-state index >= 15 is 0 Å². The fourth-order valence-electron chi connectivity index (χ4n) is 1.69. The Morgan fingerprint density at radius 3 is 2.64 bits per heavy atom. The van der Waals surface area contributed by atoms with Gasteiger partial charge >= 0.3 is 0 Å². The van der Waals surface area contributed by atoms with Gasteiger partial charge in [-0.05, 0) is 32.6 Å². The predicted molar refractivity (Wildman–Crippen MR) is 59.3 cm³/mol. The first-order valence-corrected chi connectivity index (χ1v) is 4.91. The largest absolute Gasteiger partial charge is 0.352 e. The summed E-state index contributed by atoms with van der Waals surface area (Å²) in [7, 11) is 0. The molecule has 5 N–H and O–H groups in total.